The van der Waals surface area contributed by atoms with Crippen molar-refractivity contribution >= 4 is 11.8 Å². The zero-order valence-electron chi connectivity index (χ0n) is 16.1. The summed E-state index contributed by atoms with van der Waals surface area (Å²) in [5.41, 5.74) is 0.840. The SMILES string of the molecule is Cc1noc([C@]23CN(C(=O)c4ncccc4C)C[C@H]2CN(C(=O)C2CC2)C3)n1. The average Bonchev–Trinajstić information content (AvgIpc) is 3.18. The fraction of sp³-hybridized carbons (Fsp3) is 0.550. The maximum absolute atomic E-state index is 13.1. The molecule has 2 atom stereocenters. The van der Waals surface area contributed by atoms with Gasteiger partial charge in [0.25, 0.3) is 5.91 Å². The number of rotatable bonds is 3. The van der Waals surface area contributed by atoms with Gasteiger partial charge < -0.3 is 14.3 Å². The minimum atomic E-state index is -0.496. The fourth-order valence-electron chi connectivity index (χ4n) is 4.64. The second-order valence-corrected chi connectivity index (χ2v) is 8.35. The minimum Gasteiger partial charge on any atom is -0.341 e. The van der Waals surface area contributed by atoms with Gasteiger partial charge >= 0.3 is 0 Å². The summed E-state index contributed by atoms with van der Waals surface area (Å²) in [6.07, 6.45) is 3.61. The molecule has 0 spiro atoms. The highest BCUT2D eigenvalue weighted by molar-refractivity contribution is 5.94. The summed E-state index contributed by atoms with van der Waals surface area (Å²) in [5, 5.41) is 3.97. The van der Waals surface area contributed by atoms with Gasteiger partial charge in [-0.1, -0.05) is 11.2 Å². The van der Waals surface area contributed by atoms with Crippen LogP contribution in [-0.4, -0.2) is 62.9 Å². The van der Waals surface area contributed by atoms with Crippen LogP contribution >= 0.6 is 0 Å². The van der Waals surface area contributed by atoms with E-state index in [-0.39, 0.29) is 23.7 Å². The van der Waals surface area contributed by atoms with Crippen LogP contribution in [0.25, 0.3) is 0 Å². The molecule has 1 aliphatic carbocycles. The Kier molecular flexibility index (Phi) is 3.79. The van der Waals surface area contributed by atoms with E-state index in [0.29, 0.717) is 43.6 Å². The van der Waals surface area contributed by atoms with Crippen LogP contribution in [0.2, 0.25) is 0 Å². The number of amides is 2. The van der Waals surface area contributed by atoms with Gasteiger partial charge in [0.15, 0.2) is 5.82 Å². The molecule has 2 aliphatic heterocycles. The molecule has 2 aromatic heterocycles. The molecule has 28 heavy (non-hydrogen) atoms. The van der Waals surface area contributed by atoms with Gasteiger partial charge in [-0.25, -0.2) is 0 Å². The molecular formula is C20H23N5O3. The zero-order valence-corrected chi connectivity index (χ0v) is 16.1. The summed E-state index contributed by atoms with van der Waals surface area (Å²) in [7, 11) is 0. The normalized spacial score (nSPS) is 26.6. The number of hydrogen-bond acceptors (Lipinski definition) is 6. The molecule has 0 bridgehead atoms. The lowest BCUT2D eigenvalue weighted by atomic mass is 9.81. The highest BCUT2D eigenvalue weighted by atomic mass is 16.5. The van der Waals surface area contributed by atoms with E-state index in [1.165, 1.54) is 0 Å². The molecule has 2 saturated heterocycles. The van der Waals surface area contributed by atoms with E-state index in [4.69, 9.17) is 4.52 Å². The molecule has 0 unspecified atom stereocenters. The predicted octanol–water partition coefficient (Wildman–Crippen LogP) is 1.34. The first-order chi connectivity index (χ1) is 13.5. The number of carbonyl (C=O) groups is 2. The Morgan fingerprint density at radius 2 is 1.93 bits per heavy atom. The summed E-state index contributed by atoms with van der Waals surface area (Å²) in [6.45, 7) is 5.86. The minimum absolute atomic E-state index is 0.0804. The van der Waals surface area contributed by atoms with Gasteiger partial charge in [0.2, 0.25) is 11.8 Å². The maximum Gasteiger partial charge on any atom is 0.272 e. The van der Waals surface area contributed by atoms with E-state index in [9.17, 15) is 9.59 Å². The molecule has 2 amide bonds. The summed E-state index contributed by atoms with van der Waals surface area (Å²) >= 11 is 0. The van der Waals surface area contributed by atoms with Crippen molar-refractivity contribution in [1.82, 2.24) is 24.9 Å². The van der Waals surface area contributed by atoms with Gasteiger partial charge in [-0.2, -0.15) is 4.98 Å². The predicted molar refractivity (Wildman–Crippen MR) is 98.4 cm³/mol. The zero-order chi connectivity index (χ0) is 19.5. The van der Waals surface area contributed by atoms with Crippen molar-refractivity contribution in [2.75, 3.05) is 26.2 Å². The van der Waals surface area contributed by atoms with Crippen molar-refractivity contribution in [3.05, 3.63) is 41.3 Å². The van der Waals surface area contributed by atoms with Gasteiger partial charge in [0.1, 0.15) is 5.69 Å². The standard InChI is InChI=1S/C20H23N5O3/c1-12-4-3-7-21-16(12)18(27)25-9-15-8-24(17(26)14-5-6-14)10-20(15,11-25)19-22-13(2)23-28-19/h3-4,7,14-15H,5-6,8-11H2,1-2H3/t15-,20-/m1/s1. The Bertz CT molecular complexity index is 953. The summed E-state index contributed by atoms with van der Waals surface area (Å²) in [5.74, 6) is 1.51. The topological polar surface area (TPSA) is 92.4 Å². The molecule has 5 rings (SSSR count). The van der Waals surface area contributed by atoms with Gasteiger partial charge in [-0.15, -0.1) is 0 Å². The first-order valence-corrected chi connectivity index (χ1v) is 9.78. The third-order valence-electron chi connectivity index (χ3n) is 6.30. The van der Waals surface area contributed by atoms with Crippen LogP contribution in [0.4, 0.5) is 0 Å². The third-order valence-corrected chi connectivity index (χ3v) is 6.30. The molecule has 4 heterocycles. The fourth-order valence-corrected chi connectivity index (χ4v) is 4.64. The highest BCUT2D eigenvalue weighted by Gasteiger charge is 2.59. The largest absolute Gasteiger partial charge is 0.341 e. The molecule has 146 valence electrons. The Hall–Kier alpha value is -2.77. The van der Waals surface area contributed by atoms with E-state index >= 15 is 0 Å². The van der Waals surface area contributed by atoms with E-state index in [1.54, 1.807) is 13.1 Å². The third kappa shape index (κ3) is 2.62. The Balaban J connectivity index is 1.46. The van der Waals surface area contributed by atoms with Crippen LogP contribution < -0.4 is 0 Å². The molecular weight excluding hydrogens is 358 g/mol. The second-order valence-electron chi connectivity index (χ2n) is 8.35. The molecule has 0 radical (unpaired) electrons. The van der Waals surface area contributed by atoms with Crippen LogP contribution in [0, 0.1) is 25.7 Å². The number of aryl methyl sites for hydroxylation is 2. The van der Waals surface area contributed by atoms with Crippen molar-refractivity contribution < 1.29 is 14.1 Å². The molecule has 3 fully saturated rings. The monoisotopic (exact) mass is 381 g/mol. The number of aromatic nitrogens is 3. The number of nitrogens with zero attached hydrogens (tertiary/aromatic N) is 5. The number of likely N-dealkylation sites (tertiary alicyclic amines) is 2. The summed E-state index contributed by atoms with van der Waals surface area (Å²) in [4.78, 5) is 38.3. The quantitative estimate of drug-likeness (QED) is 0.797. The second kappa shape index (κ2) is 6.12. The Morgan fingerprint density at radius 3 is 2.61 bits per heavy atom. The van der Waals surface area contributed by atoms with Gasteiger partial charge in [0.05, 0.1) is 5.41 Å². The first kappa shape index (κ1) is 17.3. The van der Waals surface area contributed by atoms with Crippen LogP contribution in [0.15, 0.2) is 22.9 Å². The molecule has 1 saturated carbocycles. The van der Waals surface area contributed by atoms with Crippen molar-refractivity contribution in [1.29, 1.82) is 0 Å². The number of pyridine rings is 1. The molecule has 2 aromatic rings. The molecule has 8 nitrogen and oxygen atoms in total. The van der Waals surface area contributed by atoms with Crippen molar-refractivity contribution in [3.63, 3.8) is 0 Å². The maximum atomic E-state index is 13.1. The number of carbonyl (C=O) groups excluding carboxylic acids is 2. The van der Waals surface area contributed by atoms with E-state index in [0.717, 1.165) is 18.4 Å². The van der Waals surface area contributed by atoms with Crippen molar-refractivity contribution in [3.8, 4) is 0 Å². The van der Waals surface area contributed by atoms with Crippen LogP contribution in [0.1, 0.15) is 40.6 Å². The summed E-state index contributed by atoms with van der Waals surface area (Å²) in [6, 6.07) is 3.72. The van der Waals surface area contributed by atoms with E-state index in [2.05, 4.69) is 15.1 Å². The molecule has 3 aliphatic rings. The smallest absolute Gasteiger partial charge is 0.272 e. The lowest BCUT2D eigenvalue weighted by molar-refractivity contribution is -0.131. The first-order valence-electron chi connectivity index (χ1n) is 9.78. The lowest BCUT2D eigenvalue weighted by Gasteiger charge is -2.26. The number of hydrogen-bond donors (Lipinski definition) is 0. The van der Waals surface area contributed by atoms with E-state index in [1.807, 2.05) is 28.9 Å². The highest BCUT2D eigenvalue weighted by Crippen LogP contribution is 2.46. The molecule has 8 heteroatoms. The van der Waals surface area contributed by atoms with Crippen LogP contribution in [0.5, 0.6) is 0 Å². The molecule has 0 N–H and O–H groups in total. The van der Waals surface area contributed by atoms with Crippen LogP contribution in [0.3, 0.4) is 0 Å². The number of fused-ring (bicyclic) bond motifs is 1. The summed E-state index contributed by atoms with van der Waals surface area (Å²) < 4.78 is 5.56. The van der Waals surface area contributed by atoms with Crippen molar-refractivity contribution in [2.45, 2.75) is 32.1 Å². The lowest BCUT2D eigenvalue weighted by Crippen LogP contribution is -2.42. The van der Waals surface area contributed by atoms with Gasteiger partial charge in [-0.05, 0) is 38.3 Å². The van der Waals surface area contributed by atoms with Gasteiger partial charge in [0, 0.05) is 44.2 Å². The molecule has 0 aromatic carbocycles. The Morgan fingerprint density at radius 1 is 1.18 bits per heavy atom. The van der Waals surface area contributed by atoms with E-state index < -0.39 is 5.41 Å². The van der Waals surface area contributed by atoms with Crippen LogP contribution in [-0.2, 0) is 10.2 Å². The average molecular weight is 381 g/mol. The van der Waals surface area contributed by atoms with Gasteiger partial charge in [-0.3, -0.25) is 14.6 Å². The Labute approximate surface area is 162 Å². The van der Waals surface area contributed by atoms with Crippen molar-refractivity contribution in [2.24, 2.45) is 11.8 Å².